The van der Waals surface area contributed by atoms with Crippen molar-refractivity contribution in [1.82, 2.24) is 0 Å². The Morgan fingerprint density at radius 1 is 0.538 bits per heavy atom. The predicted octanol–water partition coefficient (Wildman–Crippen LogP) is 4.03. The van der Waals surface area contributed by atoms with Crippen molar-refractivity contribution in [3.8, 4) is 0 Å². The number of rotatable bonds is 16. The third kappa shape index (κ3) is 30.4. The van der Waals surface area contributed by atoms with Crippen LogP contribution in [0.15, 0.2) is 0 Å². The quantitative estimate of drug-likeness (QED) is 0.226. The maximum atomic E-state index is 10.2. The van der Waals surface area contributed by atoms with E-state index in [1.807, 2.05) is 0 Å². The van der Waals surface area contributed by atoms with Crippen LogP contribution in [0, 0.1) is 0 Å². The lowest BCUT2D eigenvalue weighted by molar-refractivity contribution is -0.138. The number of carbonyl (C=O) groups is 3. The fraction of sp³-hybridized carbons (Fsp3) is 0.824. The van der Waals surface area contributed by atoms with Crippen molar-refractivity contribution in [2.24, 2.45) is 0 Å². The Hall–Kier alpha value is -1.53. The Kier molecular flexibility index (Phi) is 20.3. The molecule has 4 N–H and O–H groups in total. The zero-order valence-corrected chi connectivity index (χ0v) is 16.2. The summed E-state index contributed by atoms with van der Waals surface area (Å²) < 4.78 is 10.2. The molecule has 0 aromatic heterocycles. The molecular formula is C17H32O8P+. The average Bonchev–Trinajstić information content (AvgIpc) is 2.52. The summed E-state index contributed by atoms with van der Waals surface area (Å²) in [6, 6.07) is 0. The topological polar surface area (TPSA) is 149 Å². The van der Waals surface area contributed by atoms with Gasteiger partial charge in [-0.05, 0) is 36.7 Å². The minimum atomic E-state index is -1.98. The van der Waals surface area contributed by atoms with Crippen LogP contribution < -0.4 is 0 Å². The summed E-state index contributed by atoms with van der Waals surface area (Å²) in [4.78, 5) is 38.8. The van der Waals surface area contributed by atoms with Gasteiger partial charge >= 0.3 is 25.9 Å². The van der Waals surface area contributed by atoms with Crippen molar-refractivity contribution in [2.45, 2.75) is 83.5 Å². The van der Waals surface area contributed by atoms with E-state index in [4.69, 9.17) is 20.2 Å². The van der Waals surface area contributed by atoms with Gasteiger partial charge < -0.3 is 15.3 Å². The first-order chi connectivity index (χ1) is 12.3. The zero-order chi connectivity index (χ0) is 20.2. The van der Waals surface area contributed by atoms with Gasteiger partial charge in [-0.15, -0.1) is 0 Å². The molecule has 0 bridgehead atoms. The minimum absolute atomic E-state index is 0.221. The molecule has 1 unspecified atom stereocenters. The third-order valence-corrected chi connectivity index (χ3v) is 4.22. The van der Waals surface area contributed by atoms with Gasteiger partial charge in [0, 0.05) is 19.3 Å². The lowest BCUT2D eigenvalue weighted by atomic mass is 10.1. The summed E-state index contributed by atoms with van der Waals surface area (Å²) in [5, 5.41) is 24.9. The second kappa shape index (κ2) is 19.8. The van der Waals surface area contributed by atoms with Gasteiger partial charge in [0.2, 0.25) is 0 Å². The van der Waals surface area contributed by atoms with E-state index in [1.54, 1.807) is 0 Å². The maximum Gasteiger partial charge on any atom is 0.505 e. The second-order valence-corrected chi connectivity index (χ2v) is 7.19. The molecule has 0 heterocycles. The molecule has 1 atom stereocenters. The van der Waals surface area contributed by atoms with Crippen molar-refractivity contribution < 1.29 is 39.2 Å². The summed E-state index contributed by atoms with van der Waals surface area (Å²) in [6.45, 7) is 0. The van der Waals surface area contributed by atoms with E-state index >= 15 is 0 Å². The Morgan fingerprint density at radius 3 is 1.08 bits per heavy atom. The molecule has 0 spiro atoms. The fourth-order valence-electron chi connectivity index (χ4n) is 2.14. The van der Waals surface area contributed by atoms with Crippen LogP contribution in [0.25, 0.3) is 0 Å². The molecule has 0 aliphatic rings. The van der Waals surface area contributed by atoms with Crippen LogP contribution in [-0.4, -0.2) is 44.3 Å². The van der Waals surface area contributed by atoms with Crippen molar-refractivity contribution in [3.63, 3.8) is 0 Å². The molecule has 0 aromatic carbocycles. The fourth-order valence-corrected chi connectivity index (χ4v) is 2.63. The van der Waals surface area contributed by atoms with E-state index in [0.717, 1.165) is 44.9 Å². The van der Waals surface area contributed by atoms with Gasteiger partial charge in [-0.2, -0.15) is 4.89 Å². The minimum Gasteiger partial charge on any atom is -0.481 e. The SMILES string of the molecule is O=C(O)CCCCCCCC(=O)O.O=C(O)CCCCCCC[P+](=O)O. The van der Waals surface area contributed by atoms with Crippen LogP contribution in [0.2, 0.25) is 0 Å². The van der Waals surface area contributed by atoms with Crippen LogP contribution >= 0.6 is 8.03 Å². The largest absolute Gasteiger partial charge is 0.505 e. The molecule has 0 aliphatic carbocycles. The van der Waals surface area contributed by atoms with Crippen LogP contribution in [0.5, 0.6) is 0 Å². The summed E-state index contributed by atoms with van der Waals surface area (Å²) >= 11 is 0. The Balaban J connectivity index is 0. The number of hydrogen-bond acceptors (Lipinski definition) is 4. The van der Waals surface area contributed by atoms with Crippen LogP contribution in [0.3, 0.4) is 0 Å². The van der Waals surface area contributed by atoms with E-state index in [0.29, 0.717) is 25.4 Å². The smallest absolute Gasteiger partial charge is 0.481 e. The van der Waals surface area contributed by atoms with Gasteiger partial charge in [0.15, 0.2) is 6.16 Å². The second-order valence-electron chi connectivity index (χ2n) is 6.04. The van der Waals surface area contributed by atoms with E-state index in [2.05, 4.69) is 0 Å². The molecule has 0 fully saturated rings. The number of unbranched alkanes of at least 4 members (excludes halogenated alkanes) is 8. The highest BCUT2D eigenvalue weighted by Gasteiger charge is 2.07. The van der Waals surface area contributed by atoms with E-state index in [9.17, 15) is 18.9 Å². The Bertz CT molecular complexity index is 338. The molecule has 0 amide bonds. The molecular weight excluding hydrogens is 363 g/mol. The highest BCUT2D eigenvalue weighted by Crippen LogP contribution is 2.16. The first-order valence-electron chi connectivity index (χ1n) is 9.04. The molecule has 0 rings (SSSR count). The highest BCUT2D eigenvalue weighted by atomic mass is 31.1. The number of carboxylic acid groups (broad SMARTS) is 3. The summed E-state index contributed by atoms with van der Waals surface area (Å²) in [6.07, 6.45) is 9.37. The number of hydrogen-bond donors (Lipinski definition) is 4. The normalized spacial score (nSPS) is 10.6. The van der Waals surface area contributed by atoms with Gasteiger partial charge in [-0.3, -0.25) is 14.4 Å². The summed E-state index contributed by atoms with van der Waals surface area (Å²) in [7, 11) is -1.98. The number of carboxylic acids is 3. The molecule has 0 aromatic rings. The number of aliphatic carboxylic acids is 3. The van der Waals surface area contributed by atoms with Crippen molar-refractivity contribution in [1.29, 1.82) is 0 Å². The van der Waals surface area contributed by atoms with Crippen molar-refractivity contribution in [3.05, 3.63) is 0 Å². The molecule has 0 aliphatic heterocycles. The third-order valence-electron chi connectivity index (χ3n) is 3.52. The lowest BCUT2D eigenvalue weighted by Gasteiger charge is -1.97. The molecule has 0 saturated carbocycles. The average molecular weight is 395 g/mol. The molecule has 9 heteroatoms. The first-order valence-corrected chi connectivity index (χ1v) is 10.4. The predicted molar refractivity (Wildman–Crippen MR) is 97.6 cm³/mol. The molecule has 152 valence electrons. The van der Waals surface area contributed by atoms with E-state index in [1.165, 1.54) is 0 Å². The first kappa shape index (κ1) is 26.7. The van der Waals surface area contributed by atoms with Crippen molar-refractivity contribution in [2.75, 3.05) is 6.16 Å². The highest BCUT2D eigenvalue weighted by molar-refractivity contribution is 7.37. The molecule has 0 radical (unpaired) electrons. The molecule has 8 nitrogen and oxygen atoms in total. The summed E-state index contributed by atoms with van der Waals surface area (Å²) in [5.41, 5.74) is 0. The van der Waals surface area contributed by atoms with Gasteiger partial charge in [-0.1, -0.05) is 32.1 Å². The van der Waals surface area contributed by atoms with Crippen LogP contribution in [0.4, 0.5) is 0 Å². The molecule has 0 saturated heterocycles. The maximum absolute atomic E-state index is 10.2. The van der Waals surface area contributed by atoms with Crippen LogP contribution in [0.1, 0.15) is 83.5 Å². The lowest BCUT2D eigenvalue weighted by Crippen LogP contribution is -1.95. The van der Waals surface area contributed by atoms with Crippen molar-refractivity contribution >= 4 is 25.9 Å². The van der Waals surface area contributed by atoms with E-state index in [-0.39, 0.29) is 19.3 Å². The van der Waals surface area contributed by atoms with Gasteiger partial charge in [0.25, 0.3) is 0 Å². The van der Waals surface area contributed by atoms with Crippen LogP contribution in [-0.2, 0) is 18.9 Å². The zero-order valence-electron chi connectivity index (χ0n) is 15.3. The monoisotopic (exact) mass is 395 g/mol. The summed E-state index contributed by atoms with van der Waals surface area (Å²) in [5.74, 6) is -2.27. The standard InChI is InChI=1S/C9H16O4.C8H15O4P/c10-8(11)6-4-2-1-3-5-7-9(12)13;9-8(10)6-4-2-1-3-5-7-13(11)12/h1-7H2,(H,10,11)(H,12,13);1-7H2,(H-,9,10,11,12)/p+1. The van der Waals surface area contributed by atoms with Gasteiger partial charge in [0.1, 0.15) is 0 Å². The molecule has 26 heavy (non-hydrogen) atoms. The van der Waals surface area contributed by atoms with Gasteiger partial charge in [-0.25, -0.2) is 0 Å². The van der Waals surface area contributed by atoms with E-state index < -0.39 is 25.9 Å². The Morgan fingerprint density at radius 2 is 0.808 bits per heavy atom. The van der Waals surface area contributed by atoms with Gasteiger partial charge in [0.05, 0.1) is 0 Å². The Labute approximate surface area is 155 Å².